The average Bonchev–Trinajstić information content (AvgIpc) is 2.29. The molecule has 1 atom stereocenters. The van der Waals surface area contributed by atoms with Gasteiger partial charge >= 0.3 is 0 Å². The Morgan fingerprint density at radius 2 is 2.27 bits per heavy atom. The van der Waals surface area contributed by atoms with Crippen molar-refractivity contribution in [3.05, 3.63) is 22.7 Å². The third kappa shape index (κ3) is 1.86. The van der Waals surface area contributed by atoms with Crippen LogP contribution in [-0.4, -0.2) is 19.1 Å². The maximum absolute atomic E-state index is 11.7. The van der Waals surface area contributed by atoms with Crippen LogP contribution in [0.15, 0.2) is 22.7 Å². The standard InChI is InChI=1S/C11H12BrNO2/c1-7-6-10(14)13(2)9-5-3-4-8(12)11(9)15-7/h3-5,7H,6H2,1-2H3. The molecule has 0 aliphatic carbocycles. The lowest BCUT2D eigenvalue weighted by Gasteiger charge is -2.16. The minimum atomic E-state index is -0.0834. The molecule has 0 aromatic heterocycles. The third-order valence-electron chi connectivity index (χ3n) is 2.46. The Labute approximate surface area is 97.2 Å². The molecule has 4 heteroatoms. The Bertz CT molecular complexity index is 406. The van der Waals surface area contributed by atoms with Gasteiger partial charge in [0.25, 0.3) is 0 Å². The first-order valence-corrected chi connectivity index (χ1v) is 5.60. The second kappa shape index (κ2) is 3.85. The van der Waals surface area contributed by atoms with Crippen molar-refractivity contribution >= 4 is 27.5 Å². The average molecular weight is 270 g/mol. The molecule has 1 aromatic rings. The topological polar surface area (TPSA) is 29.5 Å². The number of anilines is 1. The van der Waals surface area contributed by atoms with Gasteiger partial charge in [-0.1, -0.05) is 6.07 Å². The van der Waals surface area contributed by atoms with Gasteiger partial charge in [-0.05, 0) is 35.0 Å². The second-order valence-corrected chi connectivity index (χ2v) is 4.53. The predicted octanol–water partition coefficient (Wildman–Crippen LogP) is 2.58. The summed E-state index contributed by atoms with van der Waals surface area (Å²) in [5.74, 6) is 0.831. The van der Waals surface area contributed by atoms with Gasteiger partial charge < -0.3 is 9.64 Å². The quantitative estimate of drug-likeness (QED) is 0.725. The van der Waals surface area contributed by atoms with Crippen LogP contribution < -0.4 is 9.64 Å². The number of amides is 1. The van der Waals surface area contributed by atoms with Crippen LogP contribution in [0.3, 0.4) is 0 Å². The maximum atomic E-state index is 11.7. The molecular weight excluding hydrogens is 258 g/mol. The number of carbonyl (C=O) groups is 1. The Morgan fingerprint density at radius 3 is 3.00 bits per heavy atom. The number of halogens is 1. The van der Waals surface area contributed by atoms with Gasteiger partial charge in [-0.2, -0.15) is 0 Å². The van der Waals surface area contributed by atoms with E-state index in [-0.39, 0.29) is 12.0 Å². The number of hydrogen-bond donors (Lipinski definition) is 0. The summed E-state index contributed by atoms with van der Waals surface area (Å²) in [4.78, 5) is 13.4. The van der Waals surface area contributed by atoms with Crippen LogP contribution in [-0.2, 0) is 4.79 Å². The molecule has 0 saturated carbocycles. The number of hydrogen-bond acceptors (Lipinski definition) is 2. The molecule has 1 aliphatic rings. The molecule has 1 heterocycles. The number of rotatable bonds is 0. The number of para-hydroxylation sites is 1. The van der Waals surface area contributed by atoms with Gasteiger partial charge in [0.2, 0.25) is 5.91 Å². The minimum absolute atomic E-state index is 0.0827. The van der Waals surface area contributed by atoms with Crippen LogP contribution in [0.25, 0.3) is 0 Å². The van der Waals surface area contributed by atoms with E-state index in [0.29, 0.717) is 6.42 Å². The molecule has 15 heavy (non-hydrogen) atoms. The summed E-state index contributed by atoms with van der Waals surface area (Å²) in [6.45, 7) is 1.90. The van der Waals surface area contributed by atoms with Gasteiger partial charge in [0.1, 0.15) is 6.10 Å². The number of ether oxygens (including phenoxy) is 1. The Hall–Kier alpha value is -1.03. The molecular formula is C11H12BrNO2. The predicted molar refractivity (Wildman–Crippen MR) is 62.3 cm³/mol. The van der Waals surface area contributed by atoms with Crippen LogP contribution in [0.1, 0.15) is 13.3 Å². The molecule has 0 fully saturated rings. The number of nitrogens with zero attached hydrogens (tertiary/aromatic N) is 1. The smallest absolute Gasteiger partial charge is 0.230 e. The lowest BCUT2D eigenvalue weighted by Crippen LogP contribution is -2.27. The van der Waals surface area contributed by atoms with Crippen LogP contribution >= 0.6 is 15.9 Å². The summed E-state index contributed by atoms with van der Waals surface area (Å²) in [6.07, 6.45) is 0.331. The second-order valence-electron chi connectivity index (χ2n) is 3.67. The van der Waals surface area contributed by atoms with E-state index < -0.39 is 0 Å². The third-order valence-corrected chi connectivity index (χ3v) is 3.09. The molecule has 1 amide bonds. The van der Waals surface area contributed by atoms with Crippen LogP contribution in [0, 0.1) is 0 Å². The van der Waals surface area contributed by atoms with Crippen molar-refractivity contribution < 1.29 is 9.53 Å². The van der Waals surface area contributed by atoms with E-state index in [9.17, 15) is 4.79 Å². The molecule has 0 saturated heterocycles. The van der Waals surface area contributed by atoms with E-state index >= 15 is 0 Å². The molecule has 0 spiro atoms. The zero-order valence-electron chi connectivity index (χ0n) is 8.66. The SMILES string of the molecule is CC1CC(=O)N(C)c2cccc(Br)c2O1. The summed E-state index contributed by atoms with van der Waals surface area (Å²) in [5, 5.41) is 0. The lowest BCUT2D eigenvalue weighted by molar-refractivity contribution is -0.119. The molecule has 3 nitrogen and oxygen atoms in total. The van der Waals surface area contributed by atoms with Crippen molar-refractivity contribution in [3.63, 3.8) is 0 Å². The molecule has 0 bridgehead atoms. The molecule has 0 radical (unpaired) electrons. The van der Waals surface area contributed by atoms with Gasteiger partial charge in [-0.3, -0.25) is 4.79 Å². The van der Waals surface area contributed by atoms with Crippen LogP contribution in [0.5, 0.6) is 5.75 Å². The Balaban J connectivity index is 2.54. The van der Waals surface area contributed by atoms with Crippen molar-refractivity contribution in [1.82, 2.24) is 0 Å². The van der Waals surface area contributed by atoms with Gasteiger partial charge in [0, 0.05) is 7.05 Å². The minimum Gasteiger partial charge on any atom is -0.487 e. The highest BCUT2D eigenvalue weighted by Gasteiger charge is 2.25. The highest BCUT2D eigenvalue weighted by Crippen LogP contribution is 2.38. The molecule has 0 N–H and O–H groups in total. The molecule has 80 valence electrons. The zero-order chi connectivity index (χ0) is 11.0. The van der Waals surface area contributed by atoms with E-state index in [4.69, 9.17) is 4.74 Å². The summed E-state index contributed by atoms with van der Waals surface area (Å²) < 4.78 is 6.60. The fraction of sp³-hybridized carbons (Fsp3) is 0.364. The molecule has 1 aliphatic heterocycles. The first-order valence-electron chi connectivity index (χ1n) is 4.81. The molecule has 2 rings (SSSR count). The van der Waals surface area contributed by atoms with Gasteiger partial charge in [-0.15, -0.1) is 0 Å². The van der Waals surface area contributed by atoms with Crippen molar-refractivity contribution in [2.24, 2.45) is 0 Å². The van der Waals surface area contributed by atoms with Gasteiger partial charge in [0.15, 0.2) is 5.75 Å². The number of fused-ring (bicyclic) bond motifs is 1. The molecule has 1 unspecified atom stereocenters. The van der Waals surface area contributed by atoms with Crippen molar-refractivity contribution in [3.8, 4) is 5.75 Å². The fourth-order valence-electron chi connectivity index (χ4n) is 1.64. The first-order chi connectivity index (χ1) is 7.09. The Morgan fingerprint density at radius 1 is 1.53 bits per heavy atom. The zero-order valence-corrected chi connectivity index (χ0v) is 10.2. The van der Waals surface area contributed by atoms with Crippen molar-refractivity contribution in [2.75, 3.05) is 11.9 Å². The van der Waals surface area contributed by atoms with Gasteiger partial charge in [0.05, 0.1) is 16.6 Å². The number of benzene rings is 1. The van der Waals surface area contributed by atoms with Gasteiger partial charge in [-0.25, -0.2) is 0 Å². The van der Waals surface area contributed by atoms with Crippen molar-refractivity contribution in [2.45, 2.75) is 19.4 Å². The Kier molecular flexibility index (Phi) is 2.69. The summed E-state index contributed by atoms with van der Waals surface area (Å²) >= 11 is 3.43. The number of carbonyl (C=O) groups excluding carboxylic acids is 1. The summed E-state index contributed by atoms with van der Waals surface area (Å²) in [7, 11) is 1.77. The van der Waals surface area contributed by atoms with Crippen molar-refractivity contribution in [1.29, 1.82) is 0 Å². The van der Waals surface area contributed by atoms with E-state index in [1.165, 1.54) is 0 Å². The monoisotopic (exact) mass is 269 g/mol. The lowest BCUT2D eigenvalue weighted by atomic mass is 10.2. The van der Waals surface area contributed by atoms with E-state index in [1.54, 1.807) is 11.9 Å². The first kappa shape index (κ1) is 10.5. The van der Waals surface area contributed by atoms with E-state index in [2.05, 4.69) is 15.9 Å². The van der Waals surface area contributed by atoms with Crippen LogP contribution in [0.2, 0.25) is 0 Å². The van der Waals surface area contributed by atoms with E-state index in [1.807, 2.05) is 25.1 Å². The largest absolute Gasteiger partial charge is 0.487 e. The van der Waals surface area contributed by atoms with Crippen LogP contribution in [0.4, 0.5) is 5.69 Å². The highest BCUT2D eigenvalue weighted by molar-refractivity contribution is 9.10. The fourth-order valence-corrected chi connectivity index (χ4v) is 2.09. The molecule has 1 aromatic carbocycles. The summed E-state index contributed by atoms with van der Waals surface area (Å²) in [6, 6.07) is 5.69. The highest BCUT2D eigenvalue weighted by atomic mass is 79.9. The normalized spacial score (nSPS) is 20.6. The summed E-state index contributed by atoms with van der Waals surface area (Å²) in [5.41, 5.74) is 0.818. The maximum Gasteiger partial charge on any atom is 0.230 e. The van der Waals surface area contributed by atoms with E-state index in [0.717, 1.165) is 15.9 Å².